The van der Waals surface area contributed by atoms with Crippen molar-refractivity contribution in [1.82, 2.24) is 14.5 Å². The molecule has 0 aromatic carbocycles. The van der Waals surface area contributed by atoms with E-state index in [1.807, 2.05) is 0 Å². The molecule has 2 saturated heterocycles. The molecule has 5 nitrogen and oxygen atoms in total. The summed E-state index contributed by atoms with van der Waals surface area (Å²) in [5.74, 6) is 0.249. The lowest BCUT2D eigenvalue weighted by Gasteiger charge is -2.35. The Morgan fingerprint density at radius 1 is 1.12 bits per heavy atom. The van der Waals surface area contributed by atoms with E-state index >= 15 is 0 Å². The third kappa shape index (κ3) is 2.74. The Kier molecular flexibility index (Phi) is 3.84. The molecule has 0 aromatic heterocycles. The number of nitrogens with zero attached hydrogens (tertiary/aromatic N) is 2. The fraction of sp³-hybridized carbons (Fsp3) is 1.00. The van der Waals surface area contributed by atoms with Crippen LogP contribution in [0.5, 0.6) is 0 Å². The van der Waals surface area contributed by atoms with E-state index in [2.05, 4.69) is 17.3 Å². The average Bonchev–Trinajstić information content (AvgIpc) is 2.41. The van der Waals surface area contributed by atoms with Gasteiger partial charge in [0.2, 0.25) is 10.0 Å². The molecule has 0 amide bonds. The van der Waals surface area contributed by atoms with E-state index in [-0.39, 0.29) is 11.8 Å². The van der Waals surface area contributed by atoms with Crippen molar-refractivity contribution in [3.63, 3.8) is 0 Å². The lowest BCUT2D eigenvalue weighted by Crippen LogP contribution is -2.47. The van der Waals surface area contributed by atoms with Crippen LogP contribution >= 0.6 is 0 Å². The highest BCUT2D eigenvalue weighted by atomic mass is 32.2. The third-order valence-electron chi connectivity index (χ3n) is 3.50. The second-order valence-corrected chi connectivity index (χ2v) is 6.75. The second kappa shape index (κ2) is 5.00. The average molecular weight is 247 g/mol. The number of sulfonamides is 1. The Hall–Kier alpha value is -0.170. The van der Waals surface area contributed by atoms with Gasteiger partial charge in [0.1, 0.15) is 0 Å². The molecule has 0 atom stereocenters. The van der Waals surface area contributed by atoms with Gasteiger partial charge in [0.15, 0.2) is 0 Å². The van der Waals surface area contributed by atoms with Gasteiger partial charge in [0, 0.05) is 25.7 Å². The highest BCUT2D eigenvalue weighted by Crippen LogP contribution is 2.19. The minimum Gasteiger partial charge on any atom is -0.314 e. The summed E-state index contributed by atoms with van der Waals surface area (Å²) in [5, 5.41) is 3.15. The highest BCUT2D eigenvalue weighted by Gasteiger charge is 2.32. The van der Waals surface area contributed by atoms with E-state index in [0.29, 0.717) is 13.1 Å². The van der Waals surface area contributed by atoms with E-state index in [1.54, 1.807) is 4.31 Å². The van der Waals surface area contributed by atoms with Crippen LogP contribution < -0.4 is 5.32 Å². The van der Waals surface area contributed by atoms with Gasteiger partial charge in [-0.25, -0.2) is 8.42 Å². The normalized spacial score (nSPS) is 30.1. The summed E-state index contributed by atoms with van der Waals surface area (Å²) >= 11 is 0. The quantitative estimate of drug-likeness (QED) is 0.667. The second-order valence-electron chi connectivity index (χ2n) is 4.71. The van der Waals surface area contributed by atoms with Gasteiger partial charge in [0.25, 0.3) is 0 Å². The first-order valence-electron chi connectivity index (χ1n) is 5.98. The molecule has 2 fully saturated rings. The van der Waals surface area contributed by atoms with Crippen LogP contribution in [0.2, 0.25) is 0 Å². The highest BCUT2D eigenvalue weighted by molar-refractivity contribution is 7.89. The van der Waals surface area contributed by atoms with E-state index in [4.69, 9.17) is 0 Å². The number of likely N-dealkylation sites (tertiary alicyclic amines) is 1. The molecule has 2 rings (SSSR count). The number of hydrogen-bond donors (Lipinski definition) is 1. The maximum absolute atomic E-state index is 12.1. The lowest BCUT2D eigenvalue weighted by molar-refractivity contribution is 0.185. The van der Waals surface area contributed by atoms with Crippen LogP contribution in [0.15, 0.2) is 0 Å². The van der Waals surface area contributed by atoms with Crippen LogP contribution in [0.1, 0.15) is 12.8 Å². The third-order valence-corrected chi connectivity index (χ3v) is 5.41. The van der Waals surface area contributed by atoms with Crippen LogP contribution in [0.4, 0.5) is 0 Å². The minimum absolute atomic E-state index is 0.223. The molecule has 0 bridgehead atoms. The van der Waals surface area contributed by atoms with Gasteiger partial charge < -0.3 is 10.2 Å². The lowest BCUT2D eigenvalue weighted by atomic mass is 10.1. The molecule has 0 spiro atoms. The SMILES string of the molecule is CN1CCC(N2CCNCCS2(=O)=O)CC1. The summed E-state index contributed by atoms with van der Waals surface area (Å²) in [6.45, 7) is 4.02. The molecule has 16 heavy (non-hydrogen) atoms. The van der Waals surface area contributed by atoms with Crippen molar-refractivity contribution in [2.45, 2.75) is 18.9 Å². The molecule has 2 aliphatic heterocycles. The molecule has 0 radical (unpaired) electrons. The van der Waals surface area contributed by atoms with Gasteiger partial charge in [-0.2, -0.15) is 4.31 Å². The Morgan fingerprint density at radius 3 is 2.50 bits per heavy atom. The molecule has 2 heterocycles. The van der Waals surface area contributed by atoms with E-state index < -0.39 is 10.0 Å². The minimum atomic E-state index is -3.02. The molecule has 94 valence electrons. The zero-order chi connectivity index (χ0) is 11.6. The van der Waals surface area contributed by atoms with Crippen molar-refractivity contribution in [3.8, 4) is 0 Å². The zero-order valence-corrected chi connectivity index (χ0v) is 10.7. The van der Waals surface area contributed by atoms with Gasteiger partial charge in [-0.05, 0) is 33.0 Å². The van der Waals surface area contributed by atoms with Crippen LogP contribution in [0, 0.1) is 0 Å². The maximum Gasteiger partial charge on any atom is 0.215 e. The predicted octanol–water partition coefficient (Wildman–Crippen LogP) is -0.684. The Balaban J connectivity index is 2.06. The Bertz CT molecular complexity index is 323. The topological polar surface area (TPSA) is 52.6 Å². The molecule has 1 N–H and O–H groups in total. The number of rotatable bonds is 1. The summed E-state index contributed by atoms with van der Waals surface area (Å²) < 4.78 is 25.8. The Labute approximate surface area is 97.8 Å². The maximum atomic E-state index is 12.1. The molecule has 2 aliphatic rings. The molecular formula is C10H21N3O2S. The molecule has 0 aliphatic carbocycles. The summed E-state index contributed by atoms with van der Waals surface area (Å²) in [5.41, 5.74) is 0. The van der Waals surface area contributed by atoms with Crippen LogP contribution in [-0.2, 0) is 10.0 Å². The molecular weight excluding hydrogens is 226 g/mol. The summed E-state index contributed by atoms with van der Waals surface area (Å²) in [6, 6.07) is 0.223. The van der Waals surface area contributed by atoms with Gasteiger partial charge in [-0.15, -0.1) is 0 Å². The van der Waals surface area contributed by atoms with Crippen LogP contribution in [-0.4, -0.2) is 69.2 Å². The largest absolute Gasteiger partial charge is 0.314 e. The van der Waals surface area contributed by atoms with E-state index in [0.717, 1.165) is 32.5 Å². The van der Waals surface area contributed by atoms with Gasteiger partial charge in [-0.3, -0.25) is 0 Å². The standard InChI is InChI=1S/C10H21N3O2S/c1-12-6-2-10(3-7-12)13-8-4-11-5-9-16(13,14)15/h10-11H,2-9H2,1H3. The summed E-state index contributed by atoms with van der Waals surface area (Å²) in [7, 11) is -0.933. The summed E-state index contributed by atoms with van der Waals surface area (Å²) in [6.07, 6.45) is 1.94. The first-order valence-corrected chi connectivity index (χ1v) is 7.59. The van der Waals surface area contributed by atoms with E-state index in [9.17, 15) is 8.42 Å². The first-order chi connectivity index (χ1) is 7.59. The number of piperidine rings is 1. The smallest absolute Gasteiger partial charge is 0.215 e. The summed E-state index contributed by atoms with van der Waals surface area (Å²) in [4.78, 5) is 2.26. The molecule has 0 saturated carbocycles. The zero-order valence-electron chi connectivity index (χ0n) is 9.85. The first kappa shape index (κ1) is 12.3. The monoisotopic (exact) mass is 247 g/mol. The van der Waals surface area contributed by atoms with Gasteiger partial charge in [-0.1, -0.05) is 0 Å². The van der Waals surface area contributed by atoms with Crippen LogP contribution in [0.25, 0.3) is 0 Å². The van der Waals surface area contributed by atoms with Crippen molar-refractivity contribution < 1.29 is 8.42 Å². The van der Waals surface area contributed by atoms with Crippen molar-refractivity contribution >= 4 is 10.0 Å². The van der Waals surface area contributed by atoms with Gasteiger partial charge in [0.05, 0.1) is 5.75 Å². The number of nitrogens with one attached hydrogen (secondary N) is 1. The fourth-order valence-electron chi connectivity index (χ4n) is 2.46. The fourth-order valence-corrected chi connectivity index (χ4v) is 4.14. The molecule has 0 unspecified atom stereocenters. The van der Waals surface area contributed by atoms with Crippen molar-refractivity contribution in [1.29, 1.82) is 0 Å². The predicted molar refractivity (Wildman–Crippen MR) is 63.9 cm³/mol. The van der Waals surface area contributed by atoms with Crippen molar-refractivity contribution in [3.05, 3.63) is 0 Å². The molecule has 0 aromatic rings. The van der Waals surface area contributed by atoms with E-state index in [1.165, 1.54) is 0 Å². The van der Waals surface area contributed by atoms with Crippen molar-refractivity contribution in [2.24, 2.45) is 0 Å². The number of hydrogen-bond acceptors (Lipinski definition) is 4. The molecule has 6 heteroatoms. The Morgan fingerprint density at radius 2 is 1.81 bits per heavy atom. The van der Waals surface area contributed by atoms with Crippen LogP contribution in [0.3, 0.4) is 0 Å². The van der Waals surface area contributed by atoms with Gasteiger partial charge >= 0.3 is 0 Å². The van der Waals surface area contributed by atoms with Crippen molar-refractivity contribution in [2.75, 3.05) is 45.5 Å².